The molecule has 4 heteroatoms. The maximum atomic E-state index is 12.0. The molecule has 2 aliphatic heterocycles. The van der Waals surface area contributed by atoms with Gasteiger partial charge in [-0.25, -0.2) is 0 Å². The fraction of sp³-hybridized carbons (Fsp3) is 0.588. The first-order chi connectivity index (χ1) is 10.3. The third kappa shape index (κ3) is 3.27. The molecule has 0 saturated carbocycles. The van der Waals surface area contributed by atoms with E-state index in [4.69, 9.17) is 4.74 Å². The van der Waals surface area contributed by atoms with Crippen LogP contribution in [0.1, 0.15) is 53.2 Å². The van der Waals surface area contributed by atoms with Crippen LogP contribution in [0.5, 0.6) is 0 Å². The fourth-order valence-electron chi connectivity index (χ4n) is 3.35. The van der Waals surface area contributed by atoms with Gasteiger partial charge in [-0.05, 0) is 56.3 Å². The highest BCUT2D eigenvalue weighted by Crippen LogP contribution is 2.26. The molecular formula is C17H24N2O2. The SMILES string of the molecule is CNC(CCC1CCCO1)c1ccc2c(c1)C(=O)NCC2. The molecule has 1 amide bonds. The molecule has 2 unspecified atom stereocenters. The summed E-state index contributed by atoms with van der Waals surface area (Å²) in [5, 5.41) is 6.30. The van der Waals surface area contributed by atoms with E-state index in [0.29, 0.717) is 6.10 Å². The first kappa shape index (κ1) is 14.5. The van der Waals surface area contributed by atoms with E-state index in [0.717, 1.165) is 43.5 Å². The monoisotopic (exact) mass is 288 g/mol. The van der Waals surface area contributed by atoms with Crippen LogP contribution >= 0.6 is 0 Å². The molecule has 0 aliphatic carbocycles. The Hall–Kier alpha value is -1.39. The standard InChI is InChI=1S/C17H24N2O2/c1-18-16(7-6-14-3-2-10-21-14)13-5-4-12-8-9-19-17(20)15(12)11-13/h4-5,11,14,16,18H,2-3,6-10H2,1H3,(H,19,20). The minimum absolute atomic E-state index is 0.0621. The van der Waals surface area contributed by atoms with Gasteiger partial charge in [-0.1, -0.05) is 12.1 Å². The topological polar surface area (TPSA) is 50.4 Å². The lowest BCUT2D eigenvalue weighted by Crippen LogP contribution is -2.32. The van der Waals surface area contributed by atoms with Crippen molar-refractivity contribution in [3.05, 3.63) is 34.9 Å². The summed E-state index contributed by atoms with van der Waals surface area (Å²) in [4.78, 5) is 12.0. The van der Waals surface area contributed by atoms with E-state index in [1.807, 2.05) is 7.05 Å². The average Bonchev–Trinajstić information content (AvgIpc) is 3.02. The Morgan fingerprint density at radius 2 is 2.38 bits per heavy atom. The van der Waals surface area contributed by atoms with Gasteiger partial charge in [0.1, 0.15) is 0 Å². The van der Waals surface area contributed by atoms with Gasteiger partial charge >= 0.3 is 0 Å². The maximum absolute atomic E-state index is 12.0. The van der Waals surface area contributed by atoms with Gasteiger partial charge in [0.2, 0.25) is 0 Å². The number of nitrogens with one attached hydrogen (secondary N) is 2. The molecule has 114 valence electrons. The lowest BCUT2D eigenvalue weighted by Gasteiger charge is -2.22. The maximum Gasteiger partial charge on any atom is 0.251 e. The molecule has 21 heavy (non-hydrogen) atoms. The van der Waals surface area contributed by atoms with E-state index in [2.05, 4.69) is 28.8 Å². The van der Waals surface area contributed by atoms with E-state index >= 15 is 0 Å². The summed E-state index contributed by atoms with van der Waals surface area (Å²) >= 11 is 0. The van der Waals surface area contributed by atoms with Crippen LogP contribution in [0.2, 0.25) is 0 Å². The Morgan fingerprint density at radius 3 is 3.14 bits per heavy atom. The van der Waals surface area contributed by atoms with Crippen LogP contribution in [0.15, 0.2) is 18.2 Å². The second-order valence-corrected chi connectivity index (χ2v) is 5.98. The number of rotatable bonds is 5. The quantitative estimate of drug-likeness (QED) is 0.873. The number of fused-ring (bicyclic) bond motifs is 1. The summed E-state index contributed by atoms with van der Waals surface area (Å²) in [7, 11) is 1.99. The summed E-state index contributed by atoms with van der Waals surface area (Å²) in [5.74, 6) is 0.0621. The van der Waals surface area contributed by atoms with Crippen LogP contribution < -0.4 is 10.6 Å². The molecule has 4 nitrogen and oxygen atoms in total. The molecule has 3 rings (SSSR count). The van der Waals surface area contributed by atoms with Crippen molar-refractivity contribution in [3.63, 3.8) is 0 Å². The number of amides is 1. The second kappa shape index (κ2) is 6.58. The molecular weight excluding hydrogens is 264 g/mol. The van der Waals surface area contributed by atoms with Gasteiger partial charge in [-0.3, -0.25) is 4.79 Å². The highest BCUT2D eigenvalue weighted by atomic mass is 16.5. The Balaban J connectivity index is 1.71. The molecule has 2 N–H and O–H groups in total. The van der Waals surface area contributed by atoms with E-state index in [9.17, 15) is 4.79 Å². The van der Waals surface area contributed by atoms with Gasteiger partial charge in [-0.15, -0.1) is 0 Å². The smallest absolute Gasteiger partial charge is 0.251 e. The normalized spacial score (nSPS) is 22.7. The van der Waals surface area contributed by atoms with Gasteiger partial charge in [0.05, 0.1) is 6.10 Å². The molecule has 0 radical (unpaired) electrons. The zero-order valence-electron chi connectivity index (χ0n) is 12.7. The molecule has 0 spiro atoms. The number of carbonyl (C=O) groups is 1. The van der Waals surface area contributed by atoms with Crippen molar-refractivity contribution in [1.29, 1.82) is 0 Å². The summed E-state index contributed by atoms with van der Waals surface area (Å²) in [5.41, 5.74) is 3.21. The van der Waals surface area contributed by atoms with Crippen molar-refractivity contribution in [1.82, 2.24) is 10.6 Å². The van der Waals surface area contributed by atoms with E-state index < -0.39 is 0 Å². The summed E-state index contributed by atoms with van der Waals surface area (Å²) in [6.45, 7) is 1.66. The Labute approximate surface area is 126 Å². The van der Waals surface area contributed by atoms with Crippen molar-refractivity contribution in [2.75, 3.05) is 20.2 Å². The number of hydrogen-bond acceptors (Lipinski definition) is 3. The van der Waals surface area contributed by atoms with Crippen LogP contribution in [-0.4, -0.2) is 32.2 Å². The zero-order valence-corrected chi connectivity index (χ0v) is 12.7. The summed E-state index contributed by atoms with van der Waals surface area (Å²) in [6, 6.07) is 6.61. The lowest BCUT2D eigenvalue weighted by atomic mass is 9.93. The van der Waals surface area contributed by atoms with Crippen molar-refractivity contribution in [2.24, 2.45) is 0 Å². The predicted octanol–water partition coefficient (Wildman–Crippen LogP) is 2.19. The third-order valence-corrected chi connectivity index (χ3v) is 4.61. The zero-order chi connectivity index (χ0) is 14.7. The van der Waals surface area contributed by atoms with Gasteiger partial charge in [0.25, 0.3) is 5.91 Å². The molecule has 2 aliphatic rings. The molecule has 1 aromatic rings. The Bertz CT molecular complexity index is 510. The van der Waals surface area contributed by atoms with Crippen LogP contribution in [0.25, 0.3) is 0 Å². The van der Waals surface area contributed by atoms with Crippen molar-refractivity contribution < 1.29 is 9.53 Å². The first-order valence-electron chi connectivity index (χ1n) is 7.98. The number of benzene rings is 1. The van der Waals surface area contributed by atoms with Crippen LogP contribution in [0, 0.1) is 0 Å². The molecule has 1 fully saturated rings. The van der Waals surface area contributed by atoms with Gasteiger partial charge in [0.15, 0.2) is 0 Å². The van der Waals surface area contributed by atoms with Gasteiger partial charge in [0, 0.05) is 24.8 Å². The van der Waals surface area contributed by atoms with Crippen LogP contribution in [0.3, 0.4) is 0 Å². The van der Waals surface area contributed by atoms with Crippen molar-refractivity contribution in [2.45, 2.75) is 44.2 Å². The number of hydrogen-bond donors (Lipinski definition) is 2. The van der Waals surface area contributed by atoms with Gasteiger partial charge in [-0.2, -0.15) is 0 Å². The molecule has 1 saturated heterocycles. The molecule has 1 aromatic carbocycles. The van der Waals surface area contributed by atoms with Gasteiger partial charge < -0.3 is 15.4 Å². The van der Waals surface area contributed by atoms with Crippen LogP contribution in [0.4, 0.5) is 0 Å². The molecule has 0 bridgehead atoms. The lowest BCUT2D eigenvalue weighted by molar-refractivity contribution is 0.0945. The largest absolute Gasteiger partial charge is 0.378 e. The average molecular weight is 288 g/mol. The Morgan fingerprint density at radius 1 is 1.48 bits per heavy atom. The minimum atomic E-state index is 0.0621. The summed E-state index contributed by atoms with van der Waals surface area (Å²) < 4.78 is 5.70. The fourth-order valence-corrected chi connectivity index (χ4v) is 3.35. The predicted molar refractivity (Wildman–Crippen MR) is 82.5 cm³/mol. The summed E-state index contributed by atoms with van der Waals surface area (Å²) in [6.07, 6.45) is 5.84. The highest BCUT2D eigenvalue weighted by molar-refractivity contribution is 5.96. The second-order valence-electron chi connectivity index (χ2n) is 5.98. The molecule has 2 heterocycles. The number of ether oxygens (including phenoxy) is 1. The first-order valence-corrected chi connectivity index (χ1v) is 7.98. The Kier molecular flexibility index (Phi) is 4.56. The van der Waals surface area contributed by atoms with E-state index in [1.54, 1.807) is 0 Å². The molecule has 0 aromatic heterocycles. The molecule has 2 atom stereocenters. The third-order valence-electron chi connectivity index (χ3n) is 4.61. The van der Waals surface area contributed by atoms with Crippen molar-refractivity contribution >= 4 is 5.91 Å². The number of carbonyl (C=O) groups excluding carboxylic acids is 1. The van der Waals surface area contributed by atoms with E-state index in [1.165, 1.54) is 18.4 Å². The van der Waals surface area contributed by atoms with Crippen molar-refractivity contribution in [3.8, 4) is 0 Å². The van der Waals surface area contributed by atoms with Crippen LogP contribution in [-0.2, 0) is 11.2 Å². The minimum Gasteiger partial charge on any atom is -0.378 e. The highest BCUT2D eigenvalue weighted by Gasteiger charge is 2.21. The van der Waals surface area contributed by atoms with E-state index in [-0.39, 0.29) is 11.9 Å².